The Kier molecular flexibility index (Phi) is 34.5. The molecule has 16 aromatic heterocycles. The Bertz CT molecular complexity index is 6920. The number of nitrogens with one attached hydrogen (secondary N) is 1. The van der Waals surface area contributed by atoms with Crippen LogP contribution in [0.3, 0.4) is 0 Å². The van der Waals surface area contributed by atoms with E-state index in [2.05, 4.69) is 124 Å². The highest BCUT2D eigenvalue weighted by molar-refractivity contribution is 6.31. The third-order valence-corrected chi connectivity index (χ3v) is 23.7. The summed E-state index contributed by atoms with van der Waals surface area (Å²) in [6.45, 7) is 17.6. The topological polar surface area (TPSA) is 440 Å². The second kappa shape index (κ2) is 46.6. The van der Waals surface area contributed by atoms with Gasteiger partial charge in [0.1, 0.15) is 44.8 Å². The molecule has 0 aromatic carbocycles. The van der Waals surface area contributed by atoms with Gasteiger partial charge in [-0.2, -0.15) is 0 Å². The van der Waals surface area contributed by atoms with Gasteiger partial charge >= 0.3 is 17.9 Å². The van der Waals surface area contributed by atoms with Crippen LogP contribution in [0.25, 0.3) is 33.6 Å². The quantitative estimate of drug-likeness (QED) is 0.0145. The lowest BCUT2D eigenvalue weighted by atomic mass is 10.1. The van der Waals surface area contributed by atoms with Crippen LogP contribution in [-0.2, 0) is 83.9 Å². The van der Waals surface area contributed by atoms with Crippen LogP contribution in [-0.4, -0.2) is 263 Å². The van der Waals surface area contributed by atoms with Gasteiger partial charge in [0.2, 0.25) is 0 Å². The maximum atomic E-state index is 14.5. The van der Waals surface area contributed by atoms with Crippen molar-refractivity contribution in [3.05, 3.63) is 259 Å². The average Bonchev–Trinajstić information content (AvgIpc) is 1.63. The van der Waals surface area contributed by atoms with E-state index in [0.717, 1.165) is 87.3 Å². The molecule has 0 bridgehead atoms. The number of nitrogens with zero attached hydrogens (tertiary/aromatic N) is 27. The predicted molar refractivity (Wildman–Crippen MR) is 527 cm³/mol. The molecule has 0 spiro atoms. The highest BCUT2D eigenvalue weighted by Gasteiger charge is 2.31. The van der Waals surface area contributed by atoms with Crippen LogP contribution in [0.1, 0.15) is 237 Å². The van der Waals surface area contributed by atoms with Crippen molar-refractivity contribution in [1.82, 2.24) is 136 Å². The SMILES string of the molecule is CC(C)(C)OC(=O)c1cn(Cc2cn3cc(C4CC4)cc(CCl)c3n2)nn1.CC(C)(C)OC(=O)c1cn(Cc2cn3cc(C4CC4)cc(CO)c3n2)nn1.CN(C)CCO.CN(C)CCOCc1cc(C2CC2)cn2cc(Cn3cc(C(=O)NCc4ncn5ccc(Cl)c(F)c45)nn3)nc12.CN(C)CCOCc1cc(C2CC2)cn2cc(Cn3cc(C(=O)O)nn3)nc12.Cl.NCc1ncn2ccc(Cl)c(F)c12. The minimum Gasteiger partial charge on any atom is -0.476 e. The number of aliphatic hydroxyl groups is 2. The molecule has 16 aromatic rings. The van der Waals surface area contributed by atoms with Gasteiger partial charge in [-0.25, -0.2) is 71.8 Å². The summed E-state index contributed by atoms with van der Waals surface area (Å²) in [6, 6.07) is 11.5. The molecule has 6 N–H and O–H groups in total. The number of aliphatic hydroxyl groups excluding tert-OH is 2. The van der Waals surface area contributed by atoms with Crippen molar-refractivity contribution in [3.8, 4) is 0 Å². The molecule has 46 heteroatoms. The van der Waals surface area contributed by atoms with Gasteiger partial charge in [-0.15, -0.1) is 44.4 Å². The summed E-state index contributed by atoms with van der Waals surface area (Å²) in [5.74, 6) is -0.687. The van der Waals surface area contributed by atoms with E-state index in [4.69, 9.17) is 79.7 Å². The Morgan fingerprint density at radius 3 is 1.15 bits per heavy atom. The minimum absolute atomic E-state index is 0. The van der Waals surface area contributed by atoms with Gasteiger partial charge < -0.3 is 86.4 Å². The molecule has 0 unspecified atom stereocenters. The summed E-state index contributed by atoms with van der Waals surface area (Å²) in [5.41, 5.74) is 21.7. The van der Waals surface area contributed by atoms with E-state index in [9.17, 15) is 33.1 Å². The van der Waals surface area contributed by atoms with Crippen molar-refractivity contribution < 1.29 is 62.2 Å². The second-order valence-electron chi connectivity index (χ2n) is 37.9. The van der Waals surface area contributed by atoms with Gasteiger partial charge in [-0.1, -0.05) is 44.1 Å². The highest BCUT2D eigenvalue weighted by Crippen LogP contribution is 2.44. The van der Waals surface area contributed by atoms with Crippen LogP contribution in [0.2, 0.25) is 10.0 Å². The van der Waals surface area contributed by atoms with Gasteiger partial charge in [0.25, 0.3) is 5.91 Å². The first kappa shape index (κ1) is 105. The van der Waals surface area contributed by atoms with E-state index in [1.54, 1.807) is 70.2 Å². The van der Waals surface area contributed by atoms with Crippen molar-refractivity contribution in [1.29, 1.82) is 0 Å². The first-order valence-corrected chi connectivity index (χ1v) is 47.6. The first-order valence-electron chi connectivity index (χ1n) is 46.3. The molecule has 0 radical (unpaired) electrons. The number of amides is 1. The molecule has 0 aliphatic heterocycles. The van der Waals surface area contributed by atoms with Crippen molar-refractivity contribution in [2.45, 2.75) is 193 Å². The van der Waals surface area contributed by atoms with Crippen LogP contribution in [0, 0.1) is 11.6 Å². The van der Waals surface area contributed by atoms with E-state index in [-0.39, 0.29) is 77.0 Å². The first-order chi connectivity index (χ1) is 67.5. The number of aromatic carboxylic acids is 1. The summed E-state index contributed by atoms with van der Waals surface area (Å²) < 4.78 is 67.7. The number of hydrogen-bond acceptors (Lipinski definition) is 28. The van der Waals surface area contributed by atoms with E-state index < -0.39 is 46.7 Å². The molecule has 20 rings (SSSR count). The normalized spacial score (nSPS) is 13.7. The van der Waals surface area contributed by atoms with Crippen molar-refractivity contribution in [3.63, 3.8) is 0 Å². The third kappa shape index (κ3) is 28.0. The van der Waals surface area contributed by atoms with E-state index in [0.29, 0.717) is 99.1 Å². The standard InChI is InChI=1S/C27H29ClFN9O2.C19H22ClN5O2.C19H24N6O3.C19H23N5O3.C8H7ClFN3.C4H11NO.ClH/c1-35(2)7-8-40-15-19-9-18(17-3-4-17)11-37-12-20(32-26(19)37)13-38-14-23(33-34-38)27(39)30-10-22-25-24(29)21(28)5-6-36(25)16-31-22;1-19(2,3)27-18(26)16-11-25(23-22-16)10-15-9-24-8-14(12-4-5-12)6-13(7-20)17(24)21-15;1-23(2)5-6-28-12-15-7-14(13-3-4-13)8-24-9-16(20-18(15)24)10-25-11-17(19(26)27)21-22-25;1-19(2,3)27-18(26)16-10-24(22-21-16)9-15-8-23-7-13(12-4-5-12)6-14(11-25)17(23)20-15;9-5-1-2-13-4-12-6(3-11)8(13)7(5)10;1-5(2)3-4-6;/h5-6,9,11-12,14,16-17H,3-4,7-8,10,13,15H2,1-2H3,(H,30,39);6,8-9,11-12H,4-5,7,10H2,1-3H3;7-9,11,13H,3-6,10,12H2,1-2H3,(H,26,27);6-8,10,12,25H,4-5,9,11H2,1-3H3;1-2,4H,3,11H2;6H,3-4H2,1-2H3;1H. The maximum Gasteiger partial charge on any atom is 0.361 e. The summed E-state index contributed by atoms with van der Waals surface area (Å²) in [7, 11) is 11.9. The van der Waals surface area contributed by atoms with Crippen LogP contribution in [0.15, 0.2) is 136 Å². The minimum atomic E-state index is -1.09. The lowest BCUT2D eigenvalue weighted by molar-refractivity contribution is 0.00503. The van der Waals surface area contributed by atoms with Crippen LogP contribution >= 0.6 is 47.2 Å². The summed E-state index contributed by atoms with van der Waals surface area (Å²) in [4.78, 5) is 81.0. The number of alkyl halides is 1. The third-order valence-electron chi connectivity index (χ3n) is 22.8. The Labute approximate surface area is 837 Å². The molecular formula is C96H117Cl4F2N29O11. The Morgan fingerprint density at radius 2 is 0.810 bits per heavy atom. The number of imidazole rings is 6. The molecule has 4 aliphatic rings. The molecule has 0 atom stereocenters. The summed E-state index contributed by atoms with van der Waals surface area (Å²) in [6.07, 6.45) is 38.4. The van der Waals surface area contributed by atoms with Crippen LogP contribution < -0.4 is 11.1 Å². The number of esters is 2. The molecule has 142 heavy (non-hydrogen) atoms. The highest BCUT2D eigenvalue weighted by atomic mass is 35.5. The molecule has 4 saturated carbocycles. The molecule has 754 valence electrons. The molecule has 4 aliphatic carbocycles. The molecular weight excluding hydrogens is 1920 g/mol. The fraction of sp³-hybridized carbons (Fsp3) is 0.438. The number of ether oxygens (including phenoxy) is 4. The molecule has 4 fully saturated rings. The molecule has 1 amide bonds. The fourth-order valence-corrected chi connectivity index (χ4v) is 15.7. The fourth-order valence-electron chi connectivity index (χ4n) is 15.2. The van der Waals surface area contributed by atoms with Gasteiger partial charge in [-0.05, 0) is 218 Å². The number of rotatable bonds is 33. The number of halogens is 6. The number of carboxylic acids is 1. The monoisotopic (exact) mass is 2030 g/mol. The summed E-state index contributed by atoms with van der Waals surface area (Å²) >= 11 is 17.7. The molecule has 0 saturated heterocycles. The van der Waals surface area contributed by atoms with E-state index in [1.807, 2.05) is 112 Å². The van der Waals surface area contributed by atoms with Gasteiger partial charge in [0.05, 0.1) is 160 Å². The number of nitrogens with two attached hydrogens (primary N) is 1. The average molecular weight is 2030 g/mol. The van der Waals surface area contributed by atoms with Gasteiger partial charge in [-0.3, -0.25) is 4.79 Å². The van der Waals surface area contributed by atoms with Gasteiger partial charge in [0, 0.05) is 110 Å². The number of fused-ring (bicyclic) bond motifs is 6. The zero-order valence-corrected chi connectivity index (χ0v) is 84.1. The lowest BCUT2D eigenvalue weighted by Gasteiger charge is -2.18. The Balaban J connectivity index is 0.000000143. The number of likely N-dealkylation sites (N-methyl/N-ethyl adjacent to an activating group) is 3. The van der Waals surface area contributed by atoms with E-state index >= 15 is 0 Å². The lowest BCUT2D eigenvalue weighted by Crippen LogP contribution is -2.24. The summed E-state index contributed by atoms with van der Waals surface area (Å²) in [5, 5.41) is 61.1. The number of carbonyl (C=O) groups excluding carboxylic acids is 3. The van der Waals surface area contributed by atoms with Crippen molar-refractivity contribution in [2.75, 3.05) is 81.7 Å². The number of hydrogen-bond donors (Lipinski definition) is 5. The number of carbonyl (C=O) groups is 4. The predicted octanol–water partition coefficient (Wildman–Crippen LogP) is 12.3. The van der Waals surface area contributed by atoms with Crippen molar-refractivity contribution in [2.24, 2.45) is 5.73 Å². The zero-order chi connectivity index (χ0) is 100. The smallest absolute Gasteiger partial charge is 0.361 e. The number of aromatic nitrogens is 24. The van der Waals surface area contributed by atoms with Gasteiger partial charge in [0.15, 0.2) is 34.4 Å². The number of pyridine rings is 6. The van der Waals surface area contributed by atoms with Crippen LogP contribution in [0.5, 0.6) is 0 Å². The van der Waals surface area contributed by atoms with E-state index in [1.165, 1.54) is 114 Å². The molecule has 40 nitrogen and oxygen atoms in total. The molecule has 16 heterocycles. The number of carboxylic acid groups (broad SMARTS) is 1. The van der Waals surface area contributed by atoms with Crippen LogP contribution in [0.4, 0.5) is 8.78 Å². The zero-order valence-electron chi connectivity index (χ0n) is 81.0. The Hall–Kier alpha value is -12.7. The largest absolute Gasteiger partial charge is 0.476 e. The Morgan fingerprint density at radius 1 is 0.472 bits per heavy atom. The maximum absolute atomic E-state index is 14.5. The van der Waals surface area contributed by atoms with Crippen molar-refractivity contribution >= 4 is 105 Å². The second-order valence-corrected chi connectivity index (χ2v) is 39.0.